The zero-order valence-corrected chi connectivity index (χ0v) is 21.5. The Morgan fingerprint density at radius 1 is 1.08 bits per heavy atom. The summed E-state index contributed by atoms with van der Waals surface area (Å²) in [5.41, 5.74) is 3.72. The first-order valence-electron chi connectivity index (χ1n) is 12.9. The first-order valence-corrected chi connectivity index (χ1v) is 12.9. The zero-order valence-electron chi connectivity index (χ0n) is 21.5. The lowest BCUT2D eigenvalue weighted by Gasteiger charge is -2.36. The van der Waals surface area contributed by atoms with Gasteiger partial charge >= 0.3 is 5.97 Å². The number of aromatic nitrogens is 1. The van der Waals surface area contributed by atoms with Crippen LogP contribution in [0.15, 0.2) is 77.5 Å². The monoisotopic (exact) mass is 524 g/mol. The van der Waals surface area contributed by atoms with Crippen LogP contribution in [0.3, 0.4) is 0 Å². The summed E-state index contributed by atoms with van der Waals surface area (Å²) in [5.74, 6) is -0.652. The van der Waals surface area contributed by atoms with Crippen molar-refractivity contribution in [3.63, 3.8) is 0 Å². The van der Waals surface area contributed by atoms with Gasteiger partial charge in [-0.2, -0.15) is 0 Å². The van der Waals surface area contributed by atoms with Crippen molar-refractivity contribution in [3.8, 4) is 11.6 Å². The standard InChI is InChI=1S/C31H28N2O6/c1-19-7-8-22-23(15-19)29(34)27(26-24(31(35)36)18-39-30(22)26)28(33-11-13-37-14-12-33)21-9-10-32-25(16-21)38-17-20-5-3-2-4-6-20/h2-10,15-16,18,28,34H,11-14,17H2,1H3,(H,35,36). The number of nitrogens with zero attached hydrogens (tertiary/aromatic N) is 2. The quantitative estimate of drug-likeness (QED) is 0.280. The van der Waals surface area contributed by atoms with Crippen LogP contribution in [0, 0.1) is 6.92 Å². The van der Waals surface area contributed by atoms with Crippen LogP contribution in [-0.2, 0) is 11.3 Å². The molecule has 1 aliphatic rings. The van der Waals surface area contributed by atoms with E-state index in [1.54, 1.807) is 6.20 Å². The summed E-state index contributed by atoms with van der Waals surface area (Å²) >= 11 is 0. The molecule has 1 fully saturated rings. The number of phenols is 1. The van der Waals surface area contributed by atoms with Crippen LogP contribution < -0.4 is 4.74 Å². The number of aryl methyl sites for hydroxylation is 1. The van der Waals surface area contributed by atoms with Crippen LogP contribution in [0.2, 0.25) is 0 Å². The molecular formula is C31H28N2O6. The molecule has 3 heterocycles. The van der Waals surface area contributed by atoms with Gasteiger partial charge in [0.2, 0.25) is 5.88 Å². The second kappa shape index (κ2) is 10.4. The molecule has 198 valence electrons. The molecule has 5 aromatic rings. The maximum absolute atomic E-state index is 12.3. The van der Waals surface area contributed by atoms with Crippen molar-refractivity contribution in [2.75, 3.05) is 26.3 Å². The Hall–Kier alpha value is -4.40. The number of hydrogen-bond acceptors (Lipinski definition) is 7. The summed E-state index contributed by atoms with van der Waals surface area (Å²) in [6, 6.07) is 18.7. The van der Waals surface area contributed by atoms with E-state index in [0.29, 0.717) is 66.1 Å². The highest BCUT2D eigenvalue weighted by atomic mass is 16.5. The van der Waals surface area contributed by atoms with E-state index in [2.05, 4.69) is 9.88 Å². The van der Waals surface area contributed by atoms with Gasteiger partial charge in [0.15, 0.2) is 0 Å². The smallest absolute Gasteiger partial charge is 0.339 e. The number of furan rings is 1. The second-order valence-electron chi connectivity index (χ2n) is 9.72. The van der Waals surface area contributed by atoms with Gasteiger partial charge in [-0.25, -0.2) is 9.78 Å². The van der Waals surface area contributed by atoms with Crippen LogP contribution in [0.4, 0.5) is 0 Å². The van der Waals surface area contributed by atoms with Gasteiger partial charge in [-0.05, 0) is 30.2 Å². The largest absolute Gasteiger partial charge is 0.507 e. The topological polar surface area (TPSA) is 105 Å². The average Bonchev–Trinajstić information content (AvgIpc) is 3.41. The maximum atomic E-state index is 12.3. The molecule has 1 atom stereocenters. The molecule has 0 spiro atoms. The molecule has 2 aromatic heterocycles. The highest BCUT2D eigenvalue weighted by Crippen LogP contribution is 2.47. The first-order chi connectivity index (χ1) is 19.0. The minimum Gasteiger partial charge on any atom is -0.507 e. The van der Waals surface area contributed by atoms with Gasteiger partial charge in [-0.15, -0.1) is 0 Å². The van der Waals surface area contributed by atoms with Crippen LogP contribution in [0.1, 0.15) is 38.7 Å². The second-order valence-corrected chi connectivity index (χ2v) is 9.72. The number of aromatic carboxylic acids is 1. The van der Waals surface area contributed by atoms with Gasteiger partial charge < -0.3 is 24.1 Å². The van der Waals surface area contributed by atoms with Crippen molar-refractivity contribution < 1.29 is 28.9 Å². The van der Waals surface area contributed by atoms with Crippen molar-refractivity contribution in [2.24, 2.45) is 0 Å². The maximum Gasteiger partial charge on any atom is 0.339 e. The van der Waals surface area contributed by atoms with Gasteiger partial charge in [0, 0.05) is 47.1 Å². The molecule has 0 aliphatic carbocycles. The van der Waals surface area contributed by atoms with E-state index in [0.717, 1.165) is 16.7 Å². The lowest BCUT2D eigenvalue weighted by atomic mass is 9.89. The Morgan fingerprint density at radius 2 is 1.87 bits per heavy atom. The Balaban J connectivity index is 1.55. The highest BCUT2D eigenvalue weighted by Gasteiger charge is 2.33. The van der Waals surface area contributed by atoms with Gasteiger partial charge in [0.1, 0.15) is 29.8 Å². The summed E-state index contributed by atoms with van der Waals surface area (Å²) in [6.45, 7) is 4.54. The number of carboxylic acid groups (broad SMARTS) is 1. The molecule has 1 saturated heterocycles. The minimum absolute atomic E-state index is 0.00522. The number of phenolic OH excluding ortho intramolecular Hbond substituents is 1. The average molecular weight is 525 g/mol. The van der Waals surface area contributed by atoms with Crippen molar-refractivity contribution in [1.29, 1.82) is 0 Å². The SMILES string of the molecule is Cc1ccc2c(c1)c(O)c(C(c1ccnc(OCc3ccccc3)c1)N1CCOCC1)c1c(C(=O)O)coc12. The fraction of sp³-hybridized carbons (Fsp3) is 0.226. The number of hydrogen-bond donors (Lipinski definition) is 2. The van der Waals surface area contributed by atoms with Crippen LogP contribution in [0.25, 0.3) is 21.7 Å². The molecule has 39 heavy (non-hydrogen) atoms. The number of carbonyl (C=O) groups is 1. The van der Waals surface area contributed by atoms with Gasteiger partial charge in [0.25, 0.3) is 0 Å². The van der Waals surface area contributed by atoms with Crippen LogP contribution in [-0.4, -0.2) is 52.4 Å². The predicted octanol–water partition coefficient (Wildman–Crippen LogP) is 5.69. The Labute approximate surface area is 225 Å². The van der Waals surface area contributed by atoms with E-state index in [9.17, 15) is 15.0 Å². The van der Waals surface area contributed by atoms with Crippen molar-refractivity contribution in [2.45, 2.75) is 19.6 Å². The molecule has 6 rings (SSSR count). The van der Waals surface area contributed by atoms with Gasteiger partial charge in [-0.3, -0.25) is 4.90 Å². The third kappa shape index (κ3) is 4.69. The number of rotatable bonds is 7. The Bertz CT molecular complexity index is 1660. The van der Waals surface area contributed by atoms with E-state index < -0.39 is 12.0 Å². The van der Waals surface area contributed by atoms with Crippen LogP contribution in [0.5, 0.6) is 11.6 Å². The molecular weight excluding hydrogens is 496 g/mol. The number of benzene rings is 3. The first kappa shape index (κ1) is 24.9. The third-order valence-electron chi connectivity index (χ3n) is 7.21. The molecule has 0 saturated carbocycles. The normalized spacial score (nSPS) is 15.0. The summed E-state index contributed by atoms with van der Waals surface area (Å²) in [5, 5.41) is 23.6. The third-order valence-corrected chi connectivity index (χ3v) is 7.21. The predicted molar refractivity (Wildman–Crippen MR) is 146 cm³/mol. The molecule has 0 bridgehead atoms. The number of pyridine rings is 1. The molecule has 1 aliphatic heterocycles. The fourth-order valence-electron chi connectivity index (χ4n) is 5.36. The lowest BCUT2D eigenvalue weighted by Crippen LogP contribution is -2.39. The van der Waals surface area contributed by atoms with E-state index in [-0.39, 0.29) is 11.3 Å². The summed E-state index contributed by atoms with van der Waals surface area (Å²) in [6.07, 6.45) is 2.93. The fourth-order valence-corrected chi connectivity index (χ4v) is 5.36. The van der Waals surface area contributed by atoms with E-state index in [1.807, 2.05) is 67.6 Å². The summed E-state index contributed by atoms with van der Waals surface area (Å²) in [7, 11) is 0. The van der Waals surface area contributed by atoms with Gasteiger partial charge in [0.05, 0.1) is 19.3 Å². The Kier molecular flexibility index (Phi) is 6.64. The lowest BCUT2D eigenvalue weighted by molar-refractivity contribution is 0.0238. The van der Waals surface area contributed by atoms with E-state index in [4.69, 9.17) is 13.9 Å². The number of morpholine rings is 1. The summed E-state index contributed by atoms with van der Waals surface area (Å²) in [4.78, 5) is 18.9. The molecule has 1 unspecified atom stereocenters. The molecule has 3 aromatic carbocycles. The minimum atomic E-state index is -1.12. The van der Waals surface area contributed by atoms with Crippen LogP contribution >= 0.6 is 0 Å². The Morgan fingerprint density at radius 3 is 2.64 bits per heavy atom. The van der Waals surface area contributed by atoms with Crippen molar-refractivity contribution in [1.82, 2.24) is 9.88 Å². The molecule has 0 amide bonds. The number of fused-ring (bicyclic) bond motifs is 3. The van der Waals surface area contributed by atoms with Crippen molar-refractivity contribution in [3.05, 3.63) is 101 Å². The van der Waals surface area contributed by atoms with E-state index in [1.165, 1.54) is 6.26 Å². The number of aromatic hydroxyl groups is 1. The summed E-state index contributed by atoms with van der Waals surface area (Å²) < 4.78 is 17.5. The molecule has 2 N–H and O–H groups in total. The zero-order chi connectivity index (χ0) is 26.9. The van der Waals surface area contributed by atoms with Crippen molar-refractivity contribution >= 4 is 27.7 Å². The molecule has 8 nitrogen and oxygen atoms in total. The highest BCUT2D eigenvalue weighted by molar-refractivity contribution is 6.15. The van der Waals surface area contributed by atoms with E-state index >= 15 is 0 Å². The van der Waals surface area contributed by atoms with Gasteiger partial charge in [-0.1, -0.05) is 48.0 Å². The number of carboxylic acids is 1. The molecule has 8 heteroatoms. The molecule has 0 radical (unpaired) electrons. The number of ether oxygens (including phenoxy) is 2.